The molecular weight excluding hydrogens is 240 g/mol. The van der Waals surface area contributed by atoms with E-state index in [-0.39, 0.29) is 0 Å². The molecule has 5 nitrogen and oxygen atoms in total. The van der Waals surface area contributed by atoms with Crippen molar-refractivity contribution in [2.24, 2.45) is 7.05 Å². The Morgan fingerprint density at radius 3 is 2.94 bits per heavy atom. The third kappa shape index (κ3) is 2.68. The molecule has 0 radical (unpaired) electrons. The number of benzene rings is 1. The molecule has 0 saturated carbocycles. The molecule has 17 heavy (non-hydrogen) atoms. The maximum Gasteiger partial charge on any atom is 0.151 e. The van der Waals surface area contributed by atoms with E-state index < -0.39 is 0 Å². The van der Waals surface area contributed by atoms with E-state index in [0.717, 1.165) is 17.3 Å². The van der Waals surface area contributed by atoms with Crippen LogP contribution in [-0.2, 0) is 13.6 Å². The largest absolute Gasteiger partial charge is 0.495 e. The summed E-state index contributed by atoms with van der Waals surface area (Å²) < 4.78 is 7.09. The number of halogens is 1. The van der Waals surface area contributed by atoms with Gasteiger partial charge in [-0.2, -0.15) is 0 Å². The van der Waals surface area contributed by atoms with Crippen LogP contribution >= 0.6 is 11.6 Å². The number of methoxy groups -OCH3 is 1. The number of anilines is 1. The summed E-state index contributed by atoms with van der Waals surface area (Å²) in [6.45, 7) is 0.563. The van der Waals surface area contributed by atoms with Crippen LogP contribution in [0.15, 0.2) is 24.5 Å². The van der Waals surface area contributed by atoms with Crippen LogP contribution in [0.3, 0.4) is 0 Å². The van der Waals surface area contributed by atoms with E-state index in [4.69, 9.17) is 16.3 Å². The second kappa shape index (κ2) is 5.05. The number of ether oxygens (including phenoxy) is 1. The van der Waals surface area contributed by atoms with Gasteiger partial charge in [0.15, 0.2) is 5.82 Å². The van der Waals surface area contributed by atoms with E-state index >= 15 is 0 Å². The molecule has 0 saturated heterocycles. The molecule has 1 aromatic carbocycles. The summed E-state index contributed by atoms with van der Waals surface area (Å²) >= 11 is 5.94. The smallest absolute Gasteiger partial charge is 0.151 e. The number of hydrogen-bond acceptors (Lipinski definition) is 4. The number of nitrogens with zero attached hydrogens (tertiary/aromatic N) is 3. The van der Waals surface area contributed by atoms with Crippen molar-refractivity contribution >= 4 is 17.3 Å². The summed E-state index contributed by atoms with van der Waals surface area (Å²) in [5.74, 6) is 1.59. The maximum absolute atomic E-state index is 5.94. The lowest BCUT2D eigenvalue weighted by molar-refractivity contribution is 0.416. The Morgan fingerprint density at radius 2 is 2.29 bits per heavy atom. The summed E-state index contributed by atoms with van der Waals surface area (Å²) in [6.07, 6.45) is 1.66. The maximum atomic E-state index is 5.94. The first-order chi connectivity index (χ1) is 8.20. The van der Waals surface area contributed by atoms with Crippen LogP contribution < -0.4 is 10.1 Å². The lowest BCUT2D eigenvalue weighted by Crippen LogP contribution is -2.06. The van der Waals surface area contributed by atoms with E-state index in [1.807, 2.05) is 23.7 Å². The van der Waals surface area contributed by atoms with Crippen molar-refractivity contribution in [3.05, 3.63) is 35.4 Å². The second-order valence-electron chi connectivity index (χ2n) is 3.56. The summed E-state index contributed by atoms with van der Waals surface area (Å²) in [4.78, 5) is 0. The molecule has 0 aliphatic rings. The van der Waals surface area contributed by atoms with Crippen LogP contribution in [0.2, 0.25) is 5.02 Å². The zero-order chi connectivity index (χ0) is 12.3. The molecule has 0 aliphatic carbocycles. The van der Waals surface area contributed by atoms with E-state index in [1.165, 1.54) is 0 Å². The van der Waals surface area contributed by atoms with Crippen molar-refractivity contribution in [2.75, 3.05) is 12.4 Å². The third-order valence-corrected chi connectivity index (χ3v) is 2.64. The summed E-state index contributed by atoms with van der Waals surface area (Å²) in [5, 5.41) is 11.7. The van der Waals surface area contributed by atoms with Crippen molar-refractivity contribution < 1.29 is 4.74 Å². The van der Waals surface area contributed by atoms with Gasteiger partial charge < -0.3 is 14.6 Å². The first kappa shape index (κ1) is 11.7. The highest BCUT2D eigenvalue weighted by molar-refractivity contribution is 6.30. The minimum Gasteiger partial charge on any atom is -0.495 e. The lowest BCUT2D eigenvalue weighted by Gasteiger charge is -2.10. The van der Waals surface area contributed by atoms with Crippen LogP contribution in [0.25, 0.3) is 0 Å². The molecular formula is C11H13ClN4O. The van der Waals surface area contributed by atoms with Crippen molar-refractivity contribution in [1.29, 1.82) is 0 Å². The van der Waals surface area contributed by atoms with Gasteiger partial charge in [0.25, 0.3) is 0 Å². The first-order valence-corrected chi connectivity index (χ1v) is 5.49. The van der Waals surface area contributed by atoms with Crippen molar-refractivity contribution in [1.82, 2.24) is 14.8 Å². The Bertz CT molecular complexity index is 512. The Labute approximate surface area is 104 Å². The van der Waals surface area contributed by atoms with E-state index in [0.29, 0.717) is 11.6 Å². The second-order valence-corrected chi connectivity index (χ2v) is 3.99. The van der Waals surface area contributed by atoms with Gasteiger partial charge in [-0.25, -0.2) is 0 Å². The molecule has 6 heteroatoms. The van der Waals surface area contributed by atoms with Crippen LogP contribution in [0.1, 0.15) is 5.82 Å². The molecule has 0 bridgehead atoms. The van der Waals surface area contributed by atoms with Crippen LogP contribution in [-0.4, -0.2) is 21.9 Å². The van der Waals surface area contributed by atoms with E-state index in [1.54, 1.807) is 19.5 Å². The van der Waals surface area contributed by atoms with E-state index in [2.05, 4.69) is 15.5 Å². The summed E-state index contributed by atoms with van der Waals surface area (Å²) in [7, 11) is 3.52. The summed E-state index contributed by atoms with van der Waals surface area (Å²) in [6, 6.07) is 5.42. The fraction of sp³-hybridized carbons (Fsp3) is 0.273. The molecule has 0 amide bonds. The number of nitrogens with one attached hydrogen (secondary N) is 1. The van der Waals surface area contributed by atoms with Gasteiger partial charge in [0.2, 0.25) is 0 Å². The monoisotopic (exact) mass is 252 g/mol. The van der Waals surface area contributed by atoms with Crippen molar-refractivity contribution in [3.8, 4) is 5.75 Å². The zero-order valence-electron chi connectivity index (χ0n) is 9.64. The minimum absolute atomic E-state index is 0.563. The number of aryl methyl sites for hydroxylation is 1. The molecule has 0 fully saturated rings. The molecule has 1 N–H and O–H groups in total. The first-order valence-electron chi connectivity index (χ1n) is 5.11. The Hall–Kier alpha value is -1.75. The van der Waals surface area contributed by atoms with E-state index in [9.17, 15) is 0 Å². The van der Waals surface area contributed by atoms with Crippen LogP contribution in [0, 0.1) is 0 Å². The number of aromatic nitrogens is 3. The molecule has 0 spiro atoms. The molecule has 0 atom stereocenters. The van der Waals surface area contributed by atoms with Gasteiger partial charge in [0.05, 0.1) is 19.3 Å². The van der Waals surface area contributed by atoms with Gasteiger partial charge in [0.1, 0.15) is 12.1 Å². The molecule has 2 aromatic rings. The zero-order valence-corrected chi connectivity index (χ0v) is 10.4. The molecule has 0 unspecified atom stereocenters. The van der Waals surface area contributed by atoms with Gasteiger partial charge in [-0.05, 0) is 18.2 Å². The predicted molar refractivity (Wildman–Crippen MR) is 66.3 cm³/mol. The standard InChI is InChI=1S/C11H13ClN4O/c1-16-7-14-15-11(16)6-13-9-5-8(12)3-4-10(9)17-2/h3-5,7,13H,6H2,1-2H3. The van der Waals surface area contributed by atoms with Gasteiger partial charge in [-0.15, -0.1) is 10.2 Å². The highest BCUT2D eigenvalue weighted by Gasteiger charge is 2.05. The van der Waals surface area contributed by atoms with Crippen molar-refractivity contribution in [3.63, 3.8) is 0 Å². The van der Waals surface area contributed by atoms with Crippen LogP contribution in [0.4, 0.5) is 5.69 Å². The highest BCUT2D eigenvalue weighted by atomic mass is 35.5. The van der Waals surface area contributed by atoms with Crippen LogP contribution in [0.5, 0.6) is 5.75 Å². The summed E-state index contributed by atoms with van der Waals surface area (Å²) in [5.41, 5.74) is 0.836. The number of rotatable bonds is 4. The van der Waals surface area contributed by atoms with Gasteiger partial charge in [-0.1, -0.05) is 11.6 Å². The number of hydrogen-bond donors (Lipinski definition) is 1. The highest BCUT2D eigenvalue weighted by Crippen LogP contribution is 2.27. The third-order valence-electron chi connectivity index (χ3n) is 2.40. The fourth-order valence-corrected chi connectivity index (χ4v) is 1.63. The van der Waals surface area contributed by atoms with Gasteiger partial charge >= 0.3 is 0 Å². The van der Waals surface area contributed by atoms with Gasteiger partial charge in [0, 0.05) is 12.1 Å². The molecule has 0 aliphatic heterocycles. The molecule has 2 rings (SSSR count). The Morgan fingerprint density at radius 1 is 1.47 bits per heavy atom. The average molecular weight is 253 g/mol. The minimum atomic E-state index is 0.563. The van der Waals surface area contributed by atoms with Crippen molar-refractivity contribution in [2.45, 2.75) is 6.54 Å². The predicted octanol–water partition coefficient (Wildman–Crippen LogP) is 2.09. The fourth-order valence-electron chi connectivity index (χ4n) is 1.46. The average Bonchev–Trinajstić information content (AvgIpc) is 2.72. The lowest BCUT2D eigenvalue weighted by atomic mass is 10.3. The molecule has 1 heterocycles. The topological polar surface area (TPSA) is 52.0 Å². The normalized spacial score (nSPS) is 10.3. The Kier molecular flexibility index (Phi) is 3.49. The molecule has 90 valence electrons. The quantitative estimate of drug-likeness (QED) is 0.905. The van der Waals surface area contributed by atoms with Gasteiger partial charge in [-0.3, -0.25) is 0 Å². The molecule has 1 aromatic heterocycles. The SMILES string of the molecule is COc1ccc(Cl)cc1NCc1nncn1C. The Balaban J connectivity index is 2.13.